The lowest BCUT2D eigenvalue weighted by atomic mass is 10.0. The van der Waals surface area contributed by atoms with Crippen molar-refractivity contribution in [3.8, 4) is 10.6 Å². The van der Waals surface area contributed by atoms with Gasteiger partial charge in [-0.2, -0.15) is 5.10 Å². The Bertz CT molecular complexity index is 1190. The van der Waals surface area contributed by atoms with Crippen LogP contribution < -0.4 is 0 Å². The Labute approximate surface area is 195 Å². The van der Waals surface area contributed by atoms with Gasteiger partial charge in [-0.1, -0.05) is 6.07 Å². The minimum atomic E-state index is -0.636. The molecule has 4 heterocycles. The average Bonchev–Trinajstić information content (AvgIpc) is 3.45. The zero-order valence-electron chi connectivity index (χ0n) is 18.9. The Balaban J connectivity index is 1.56. The molecule has 0 N–H and O–H groups in total. The van der Waals surface area contributed by atoms with Crippen LogP contribution in [0.1, 0.15) is 42.2 Å². The molecule has 1 fully saturated rings. The van der Waals surface area contributed by atoms with Gasteiger partial charge in [0, 0.05) is 13.6 Å². The highest BCUT2D eigenvalue weighted by Crippen LogP contribution is 2.29. The van der Waals surface area contributed by atoms with Crippen molar-refractivity contribution in [2.75, 3.05) is 19.8 Å². The van der Waals surface area contributed by atoms with Gasteiger partial charge in [0.15, 0.2) is 12.3 Å². The fourth-order valence-corrected chi connectivity index (χ4v) is 4.84. The number of piperidine rings is 1. The normalized spacial score (nSPS) is 16.1. The quantitative estimate of drug-likeness (QED) is 0.510. The second kappa shape index (κ2) is 9.70. The molecule has 0 saturated carbocycles. The van der Waals surface area contributed by atoms with Crippen LogP contribution >= 0.6 is 11.3 Å². The summed E-state index contributed by atoms with van der Waals surface area (Å²) in [4.78, 5) is 45.3. The molecule has 0 radical (unpaired) electrons. The first-order valence-corrected chi connectivity index (χ1v) is 11.8. The lowest BCUT2D eigenvalue weighted by Gasteiger charge is -2.33. The van der Waals surface area contributed by atoms with E-state index in [2.05, 4.69) is 10.1 Å². The van der Waals surface area contributed by atoms with Gasteiger partial charge < -0.3 is 14.4 Å². The summed E-state index contributed by atoms with van der Waals surface area (Å²) in [6, 6.07) is 4.88. The minimum Gasteiger partial charge on any atom is -0.464 e. The Hall–Kier alpha value is -3.27. The van der Waals surface area contributed by atoms with Gasteiger partial charge in [-0.3, -0.25) is 9.48 Å². The van der Waals surface area contributed by atoms with Crippen LogP contribution in [-0.4, -0.2) is 63.3 Å². The van der Waals surface area contributed by atoms with Gasteiger partial charge in [-0.25, -0.2) is 14.6 Å². The predicted molar refractivity (Wildman–Crippen MR) is 123 cm³/mol. The van der Waals surface area contributed by atoms with E-state index in [-0.39, 0.29) is 6.61 Å². The number of likely N-dealkylation sites (tertiary alicyclic amines) is 1. The Kier molecular flexibility index (Phi) is 6.73. The van der Waals surface area contributed by atoms with E-state index in [1.807, 2.05) is 17.5 Å². The standard InChI is InChI=1S/C23H26N4O5S/c1-4-31-23(30)17-8-5-6-10-27(17)19(28)13-32-22(29)15-12-16(18-9-7-11-33-18)24-21-20(15)14(2)25-26(21)3/h7,9,11-12,17H,4-6,8,10,13H2,1-3H3. The molecule has 1 aliphatic heterocycles. The largest absolute Gasteiger partial charge is 0.464 e. The molecule has 1 amide bonds. The van der Waals surface area contributed by atoms with Gasteiger partial charge >= 0.3 is 11.9 Å². The molecule has 4 rings (SSSR count). The summed E-state index contributed by atoms with van der Waals surface area (Å²) in [5, 5.41) is 6.92. The number of rotatable bonds is 6. The summed E-state index contributed by atoms with van der Waals surface area (Å²) >= 11 is 1.51. The van der Waals surface area contributed by atoms with E-state index in [0.717, 1.165) is 17.7 Å². The summed E-state index contributed by atoms with van der Waals surface area (Å²) < 4.78 is 12.2. The van der Waals surface area contributed by atoms with Crippen molar-refractivity contribution in [2.24, 2.45) is 7.05 Å². The first kappa shape index (κ1) is 22.9. The highest BCUT2D eigenvalue weighted by Gasteiger charge is 2.33. The van der Waals surface area contributed by atoms with Gasteiger partial charge in [0.05, 0.1) is 33.8 Å². The summed E-state index contributed by atoms with van der Waals surface area (Å²) in [5.74, 6) is -1.46. The Morgan fingerprint density at radius 2 is 2.06 bits per heavy atom. The van der Waals surface area contributed by atoms with Crippen LogP contribution in [0.2, 0.25) is 0 Å². The molecule has 10 heteroatoms. The van der Waals surface area contributed by atoms with Crippen molar-refractivity contribution in [3.63, 3.8) is 0 Å². The first-order chi connectivity index (χ1) is 15.9. The summed E-state index contributed by atoms with van der Waals surface area (Å²) in [6.07, 6.45) is 2.18. The number of aromatic nitrogens is 3. The summed E-state index contributed by atoms with van der Waals surface area (Å²) in [6.45, 7) is 3.76. The smallest absolute Gasteiger partial charge is 0.339 e. The molecule has 174 valence electrons. The molecule has 0 aliphatic carbocycles. The van der Waals surface area contributed by atoms with E-state index in [4.69, 9.17) is 9.47 Å². The molecular weight excluding hydrogens is 444 g/mol. The number of carbonyl (C=O) groups excluding carboxylic acids is 3. The fourth-order valence-electron chi connectivity index (χ4n) is 4.16. The van der Waals surface area contributed by atoms with E-state index in [9.17, 15) is 14.4 Å². The number of aryl methyl sites for hydroxylation is 2. The van der Waals surface area contributed by atoms with Gasteiger partial charge in [0.25, 0.3) is 5.91 Å². The van der Waals surface area contributed by atoms with Gasteiger partial charge in [0.2, 0.25) is 0 Å². The SMILES string of the molecule is CCOC(=O)C1CCCCN1C(=O)COC(=O)c1cc(-c2cccs2)nc2c1c(C)nn2C. The highest BCUT2D eigenvalue weighted by atomic mass is 32.1. The molecule has 0 spiro atoms. The molecule has 1 saturated heterocycles. The minimum absolute atomic E-state index is 0.251. The maximum Gasteiger partial charge on any atom is 0.339 e. The van der Waals surface area contributed by atoms with Gasteiger partial charge in [-0.05, 0) is 50.6 Å². The number of hydrogen-bond acceptors (Lipinski definition) is 8. The number of hydrogen-bond donors (Lipinski definition) is 0. The number of thiophene rings is 1. The van der Waals surface area contributed by atoms with Crippen LogP contribution in [0.15, 0.2) is 23.6 Å². The predicted octanol–water partition coefficient (Wildman–Crippen LogP) is 3.11. The number of fused-ring (bicyclic) bond motifs is 1. The van der Waals surface area contributed by atoms with Crippen molar-refractivity contribution >= 4 is 40.2 Å². The topological polar surface area (TPSA) is 104 Å². The zero-order chi connectivity index (χ0) is 23.5. The van der Waals surface area contributed by atoms with Crippen LogP contribution in [0.3, 0.4) is 0 Å². The van der Waals surface area contributed by atoms with E-state index >= 15 is 0 Å². The number of esters is 2. The van der Waals surface area contributed by atoms with E-state index in [1.165, 1.54) is 16.2 Å². The molecule has 9 nitrogen and oxygen atoms in total. The third kappa shape index (κ3) is 4.61. The van der Waals surface area contributed by atoms with Crippen LogP contribution in [0, 0.1) is 6.92 Å². The molecule has 3 aromatic rings. The van der Waals surface area contributed by atoms with Crippen LogP contribution in [0.25, 0.3) is 21.6 Å². The molecule has 1 unspecified atom stereocenters. The van der Waals surface area contributed by atoms with Crippen molar-refractivity contribution in [1.82, 2.24) is 19.7 Å². The second-order valence-corrected chi connectivity index (χ2v) is 8.81. The van der Waals surface area contributed by atoms with Crippen molar-refractivity contribution in [2.45, 2.75) is 39.2 Å². The Morgan fingerprint density at radius 3 is 2.79 bits per heavy atom. The molecule has 0 bridgehead atoms. The van der Waals surface area contributed by atoms with Crippen LogP contribution in [-0.2, 0) is 26.1 Å². The zero-order valence-corrected chi connectivity index (χ0v) is 19.7. The molecule has 0 aromatic carbocycles. The van der Waals surface area contributed by atoms with E-state index in [0.29, 0.717) is 41.0 Å². The average molecular weight is 471 g/mol. The third-order valence-corrected chi connectivity index (χ3v) is 6.56. The monoisotopic (exact) mass is 470 g/mol. The molecule has 33 heavy (non-hydrogen) atoms. The van der Waals surface area contributed by atoms with Crippen LogP contribution in [0.5, 0.6) is 0 Å². The maximum absolute atomic E-state index is 13.1. The van der Waals surface area contributed by atoms with Crippen molar-refractivity contribution < 1.29 is 23.9 Å². The van der Waals surface area contributed by atoms with Gasteiger partial charge in [-0.15, -0.1) is 11.3 Å². The fraction of sp³-hybridized carbons (Fsp3) is 0.435. The van der Waals surface area contributed by atoms with Gasteiger partial charge in [0.1, 0.15) is 6.04 Å². The van der Waals surface area contributed by atoms with E-state index < -0.39 is 30.5 Å². The lowest BCUT2D eigenvalue weighted by molar-refractivity contribution is -0.157. The van der Waals surface area contributed by atoms with Crippen LogP contribution in [0.4, 0.5) is 0 Å². The molecule has 1 atom stereocenters. The maximum atomic E-state index is 13.1. The lowest BCUT2D eigenvalue weighted by Crippen LogP contribution is -2.50. The second-order valence-electron chi connectivity index (χ2n) is 7.87. The molecular formula is C23H26N4O5S. The highest BCUT2D eigenvalue weighted by molar-refractivity contribution is 7.13. The van der Waals surface area contributed by atoms with Crippen molar-refractivity contribution in [1.29, 1.82) is 0 Å². The number of carbonyl (C=O) groups is 3. The molecule has 1 aliphatic rings. The van der Waals surface area contributed by atoms with Crippen molar-refractivity contribution in [3.05, 3.63) is 34.8 Å². The third-order valence-electron chi connectivity index (χ3n) is 5.67. The summed E-state index contributed by atoms with van der Waals surface area (Å²) in [5.41, 5.74) is 2.16. The summed E-state index contributed by atoms with van der Waals surface area (Å²) in [7, 11) is 1.77. The number of amides is 1. The first-order valence-electron chi connectivity index (χ1n) is 10.9. The number of pyridine rings is 1. The number of ether oxygens (including phenoxy) is 2. The van der Waals surface area contributed by atoms with E-state index in [1.54, 1.807) is 31.6 Å². The number of nitrogens with zero attached hydrogens (tertiary/aromatic N) is 4. The molecule has 3 aromatic heterocycles. The Morgan fingerprint density at radius 1 is 1.24 bits per heavy atom.